The molecule has 3 amide bonds. The molecule has 0 radical (unpaired) electrons. The average Bonchev–Trinajstić information content (AvgIpc) is 2.64. The Hall–Kier alpha value is -3.03. The molecule has 3 rings (SSSR count). The normalized spacial score (nSPS) is 14.4. The van der Waals surface area contributed by atoms with Crippen molar-refractivity contribution in [2.45, 2.75) is 6.92 Å². The number of rotatable bonds is 2. The van der Waals surface area contributed by atoms with Crippen LogP contribution in [0.2, 0.25) is 0 Å². The van der Waals surface area contributed by atoms with Crippen LogP contribution < -0.4 is 10.7 Å². The third-order valence-electron chi connectivity index (χ3n) is 4.12. The minimum Gasteiger partial charge on any atom is -0.450 e. The first kappa shape index (κ1) is 16.8. The van der Waals surface area contributed by atoms with Crippen LogP contribution in [0.25, 0.3) is 10.9 Å². The summed E-state index contributed by atoms with van der Waals surface area (Å²) >= 11 is 0. The van der Waals surface area contributed by atoms with E-state index in [-0.39, 0.29) is 23.2 Å². The highest BCUT2D eigenvalue weighted by molar-refractivity contribution is 5.92. The number of anilines is 1. The van der Waals surface area contributed by atoms with Crippen molar-refractivity contribution in [3.63, 3.8) is 0 Å². The lowest BCUT2D eigenvalue weighted by Gasteiger charge is -2.33. The van der Waals surface area contributed by atoms with E-state index in [0.29, 0.717) is 43.7 Å². The summed E-state index contributed by atoms with van der Waals surface area (Å²) in [5.41, 5.74) is 0.693. The molecule has 1 aromatic carbocycles. The highest BCUT2D eigenvalue weighted by Crippen LogP contribution is 2.11. The summed E-state index contributed by atoms with van der Waals surface area (Å²) in [7, 11) is 0. The molecule has 1 saturated heterocycles. The Morgan fingerprint density at radius 2 is 1.84 bits per heavy atom. The zero-order valence-corrected chi connectivity index (χ0v) is 13.9. The predicted molar refractivity (Wildman–Crippen MR) is 93.8 cm³/mol. The molecule has 2 N–H and O–H groups in total. The van der Waals surface area contributed by atoms with Gasteiger partial charge in [0.15, 0.2) is 0 Å². The van der Waals surface area contributed by atoms with Gasteiger partial charge in [0.25, 0.3) is 0 Å². The maximum Gasteiger partial charge on any atom is 0.409 e. The van der Waals surface area contributed by atoms with E-state index in [1.54, 1.807) is 34.9 Å². The van der Waals surface area contributed by atoms with Crippen LogP contribution in [0, 0.1) is 0 Å². The van der Waals surface area contributed by atoms with Crippen LogP contribution in [-0.2, 0) is 4.74 Å². The van der Waals surface area contributed by atoms with Crippen LogP contribution in [0.1, 0.15) is 6.92 Å². The number of piperazine rings is 1. The van der Waals surface area contributed by atoms with Gasteiger partial charge in [-0.25, -0.2) is 9.59 Å². The van der Waals surface area contributed by atoms with E-state index in [9.17, 15) is 14.4 Å². The lowest BCUT2D eigenvalue weighted by molar-refractivity contribution is 0.0868. The van der Waals surface area contributed by atoms with Gasteiger partial charge in [0.1, 0.15) is 5.69 Å². The maximum absolute atomic E-state index is 12.4. The molecule has 0 bridgehead atoms. The van der Waals surface area contributed by atoms with Gasteiger partial charge < -0.3 is 24.8 Å². The molecule has 8 heteroatoms. The van der Waals surface area contributed by atoms with Gasteiger partial charge in [-0.05, 0) is 19.1 Å². The highest BCUT2D eigenvalue weighted by Gasteiger charge is 2.25. The molecule has 0 atom stereocenters. The SMILES string of the molecule is CCOC(=O)N1CCN(C(=O)Nc2c[nH]c3ccccc3c2=O)CC1. The second-order valence-electron chi connectivity index (χ2n) is 5.68. The van der Waals surface area contributed by atoms with Crippen LogP contribution in [0.5, 0.6) is 0 Å². The maximum atomic E-state index is 12.4. The van der Waals surface area contributed by atoms with Crippen LogP contribution in [0.15, 0.2) is 35.3 Å². The minimum atomic E-state index is -0.367. The molecular weight excluding hydrogens is 324 g/mol. The number of pyridine rings is 1. The van der Waals surface area contributed by atoms with Gasteiger partial charge in [-0.15, -0.1) is 0 Å². The lowest BCUT2D eigenvalue weighted by atomic mass is 10.2. The Labute approximate surface area is 144 Å². The number of aromatic amines is 1. The monoisotopic (exact) mass is 344 g/mol. The smallest absolute Gasteiger partial charge is 0.409 e. The number of para-hydroxylation sites is 1. The van der Waals surface area contributed by atoms with Crippen molar-refractivity contribution in [1.82, 2.24) is 14.8 Å². The summed E-state index contributed by atoms with van der Waals surface area (Å²) in [5.74, 6) is 0. The summed E-state index contributed by atoms with van der Waals surface area (Å²) in [6.45, 7) is 3.65. The molecule has 25 heavy (non-hydrogen) atoms. The summed E-state index contributed by atoms with van der Waals surface area (Å²) in [4.78, 5) is 42.6. The summed E-state index contributed by atoms with van der Waals surface area (Å²) in [6, 6.07) is 6.76. The summed E-state index contributed by atoms with van der Waals surface area (Å²) in [6.07, 6.45) is 1.13. The predicted octanol–water partition coefficient (Wildman–Crippen LogP) is 1.83. The largest absolute Gasteiger partial charge is 0.450 e. The fraction of sp³-hybridized carbons (Fsp3) is 0.353. The number of amides is 3. The topological polar surface area (TPSA) is 94.7 Å². The van der Waals surface area contributed by atoms with Crippen LogP contribution >= 0.6 is 0 Å². The van der Waals surface area contributed by atoms with Gasteiger partial charge in [0, 0.05) is 43.3 Å². The second kappa shape index (κ2) is 7.25. The minimum absolute atomic E-state index is 0.205. The van der Waals surface area contributed by atoms with E-state index in [0.717, 1.165) is 0 Å². The van der Waals surface area contributed by atoms with Crippen molar-refractivity contribution in [3.05, 3.63) is 40.7 Å². The number of hydrogen-bond acceptors (Lipinski definition) is 4. The highest BCUT2D eigenvalue weighted by atomic mass is 16.6. The Morgan fingerprint density at radius 1 is 1.16 bits per heavy atom. The summed E-state index contributed by atoms with van der Waals surface area (Å²) in [5, 5.41) is 3.17. The van der Waals surface area contributed by atoms with Gasteiger partial charge in [-0.2, -0.15) is 0 Å². The quantitative estimate of drug-likeness (QED) is 0.869. The number of carbonyl (C=O) groups excluding carboxylic acids is 2. The molecule has 0 aliphatic carbocycles. The number of nitrogens with zero attached hydrogens (tertiary/aromatic N) is 2. The molecule has 1 fully saturated rings. The number of carbonyl (C=O) groups is 2. The first-order valence-electron chi connectivity index (χ1n) is 8.18. The van der Waals surface area contributed by atoms with E-state index in [2.05, 4.69) is 10.3 Å². The lowest BCUT2D eigenvalue weighted by Crippen LogP contribution is -2.52. The zero-order chi connectivity index (χ0) is 17.8. The van der Waals surface area contributed by atoms with E-state index in [1.807, 2.05) is 6.07 Å². The van der Waals surface area contributed by atoms with Gasteiger partial charge in [0.05, 0.1) is 6.61 Å². The third kappa shape index (κ3) is 3.57. The van der Waals surface area contributed by atoms with Gasteiger partial charge in [0.2, 0.25) is 5.43 Å². The molecule has 1 aliphatic heterocycles. The van der Waals surface area contributed by atoms with Crippen LogP contribution in [0.4, 0.5) is 15.3 Å². The molecule has 0 unspecified atom stereocenters. The second-order valence-corrected chi connectivity index (χ2v) is 5.68. The zero-order valence-electron chi connectivity index (χ0n) is 13.9. The van der Waals surface area contributed by atoms with E-state index in [4.69, 9.17) is 4.74 Å². The van der Waals surface area contributed by atoms with E-state index < -0.39 is 0 Å². The van der Waals surface area contributed by atoms with Crippen molar-refractivity contribution >= 4 is 28.7 Å². The van der Waals surface area contributed by atoms with Crippen molar-refractivity contribution in [1.29, 1.82) is 0 Å². The fourth-order valence-electron chi connectivity index (χ4n) is 2.76. The molecule has 132 valence electrons. The third-order valence-corrected chi connectivity index (χ3v) is 4.12. The number of fused-ring (bicyclic) bond motifs is 1. The molecule has 1 aromatic heterocycles. The number of H-pyrrole nitrogens is 1. The van der Waals surface area contributed by atoms with E-state index in [1.165, 1.54) is 6.20 Å². The number of nitrogens with one attached hydrogen (secondary N) is 2. The molecule has 0 saturated carbocycles. The Kier molecular flexibility index (Phi) is 4.87. The number of aromatic nitrogens is 1. The fourth-order valence-corrected chi connectivity index (χ4v) is 2.76. The summed E-state index contributed by atoms with van der Waals surface area (Å²) < 4.78 is 4.95. The molecule has 2 aromatic rings. The average molecular weight is 344 g/mol. The van der Waals surface area contributed by atoms with Crippen molar-refractivity contribution in [2.75, 3.05) is 38.1 Å². The van der Waals surface area contributed by atoms with Gasteiger partial charge in [-0.1, -0.05) is 12.1 Å². The van der Waals surface area contributed by atoms with E-state index >= 15 is 0 Å². The number of ether oxygens (including phenoxy) is 1. The first-order valence-corrected chi connectivity index (χ1v) is 8.18. The molecular formula is C17H20N4O4. The Balaban J connectivity index is 1.65. The molecule has 1 aliphatic rings. The molecule has 2 heterocycles. The van der Waals surface area contributed by atoms with Gasteiger partial charge >= 0.3 is 12.1 Å². The number of urea groups is 1. The van der Waals surface area contributed by atoms with Crippen molar-refractivity contribution < 1.29 is 14.3 Å². The van der Waals surface area contributed by atoms with Crippen LogP contribution in [0.3, 0.4) is 0 Å². The number of hydrogen-bond donors (Lipinski definition) is 2. The van der Waals surface area contributed by atoms with Gasteiger partial charge in [-0.3, -0.25) is 4.79 Å². The standard InChI is InChI=1S/C17H20N4O4/c1-2-25-17(24)21-9-7-20(8-10-21)16(23)19-14-11-18-13-6-4-3-5-12(13)15(14)22/h3-6,11H,2,7-10H2,1H3,(H,18,22)(H,19,23). The van der Waals surface area contributed by atoms with Crippen LogP contribution in [-0.4, -0.2) is 59.7 Å². The number of benzene rings is 1. The first-order chi connectivity index (χ1) is 12.1. The molecule has 8 nitrogen and oxygen atoms in total. The Morgan fingerprint density at radius 3 is 2.56 bits per heavy atom. The molecule has 0 spiro atoms. The Bertz CT molecular complexity index is 840. The van der Waals surface area contributed by atoms with Crippen molar-refractivity contribution in [2.24, 2.45) is 0 Å². The van der Waals surface area contributed by atoms with Crippen molar-refractivity contribution in [3.8, 4) is 0 Å².